The topological polar surface area (TPSA) is 77.4 Å². The number of furan rings is 1. The number of hydrogen-bond donors (Lipinski definition) is 2. The van der Waals surface area contributed by atoms with Gasteiger partial charge in [0.1, 0.15) is 17.3 Å². The highest BCUT2D eigenvalue weighted by Crippen LogP contribution is 2.28. The van der Waals surface area contributed by atoms with E-state index in [1.165, 1.54) is 5.56 Å². The zero-order chi connectivity index (χ0) is 26.1. The molecule has 7 nitrogen and oxygen atoms in total. The first-order valence-electron chi connectivity index (χ1n) is 13.0. The van der Waals surface area contributed by atoms with Gasteiger partial charge in [-0.15, -0.1) is 0 Å². The molecule has 1 saturated heterocycles. The lowest BCUT2D eigenvalue weighted by atomic mass is 10.1. The van der Waals surface area contributed by atoms with Gasteiger partial charge in [0.05, 0.1) is 11.0 Å². The summed E-state index contributed by atoms with van der Waals surface area (Å²) in [6, 6.07) is 25.7. The summed E-state index contributed by atoms with van der Waals surface area (Å²) in [6.07, 6.45) is 0. The van der Waals surface area contributed by atoms with Crippen molar-refractivity contribution < 1.29 is 9.21 Å². The van der Waals surface area contributed by atoms with Gasteiger partial charge in [-0.05, 0) is 68.1 Å². The summed E-state index contributed by atoms with van der Waals surface area (Å²) in [4.78, 5) is 25.9. The van der Waals surface area contributed by atoms with Gasteiger partial charge >= 0.3 is 0 Å². The van der Waals surface area contributed by atoms with Gasteiger partial charge in [0, 0.05) is 55.1 Å². The van der Waals surface area contributed by atoms with Gasteiger partial charge in [-0.2, -0.15) is 0 Å². The molecule has 6 rings (SSSR count). The highest BCUT2D eigenvalue weighted by atomic mass is 16.3. The van der Waals surface area contributed by atoms with Gasteiger partial charge in [-0.1, -0.05) is 30.3 Å². The Morgan fingerprint density at radius 1 is 0.947 bits per heavy atom. The molecule has 3 heterocycles. The van der Waals surface area contributed by atoms with Crippen LogP contribution in [0, 0.1) is 6.92 Å². The predicted octanol–water partition coefficient (Wildman–Crippen LogP) is 5.80. The largest absolute Gasteiger partial charge is 0.461 e. The molecule has 192 valence electrons. The monoisotopic (exact) mass is 505 g/mol. The molecule has 1 aliphatic heterocycles. The Morgan fingerprint density at radius 3 is 2.50 bits per heavy atom. The summed E-state index contributed by atoms with van der Waals surface area (Å²) < 4.78 is 5.78. The predicted molar refractivity (Wildman–Crippen MR) is 151 cm³/mol. The van der Waals surface area contributed by atoms with E-state index in [0.717, 1.165) is 77.9 Å². The Bertz CT molecular complexity index is 1580. The van der Waals surface area contributed by atoms with Crippen LogP contribution < -0.4 is 5.32 Å². The van der Waals surface area contributed by atoms with Crippen molar-refractivity contribution >= 4 is 22.6 Å². The molecule has 5 aromatic rings. The highest BCUT2D eigenvalue weighted by molar-refractivity contribution is 6.06. The molecule has 7 heteroatoms. The molecule has 1 fully saturated rings. The third-order valence-corrected chi connectivity index (χ3v) is 7.12. The summed E-state index contributed by atoms with van der Waals surface area (Å²) in [6.45, 7) is 7.25. The van der Waals surface area contributed by atoms with E-state index in [4.69, 9.17) is 9.40 Å². The maximum atomic E-state index is 13.0. The van der Waals surface area contributed by atoms with Crippen molar-refractivity contribution in [1.29, 1.82) is 0 Å². The van der Waals surface area contributed by atoms with Crippen LogP contribution in [0.4, 0.5) is 5.69 Å². The second-order valence-corrected chi connectivity index (χ2v) is 10.0. The lowest BCUT2D eigenvalue weighted by Gasteiger charge is -2.32. The van der Waals surface area contributed by atoms with Crippen molar-refractivity contribution in [2.45, 2.75) is 13.5 Å². The quantitative estimate of drug-likeness (QED) is 0.305. The van der Waals surface area contributed by atoms with Gasteiger partial charge in [0.15, 0.2) is 0 Å². The number of hydrogen-bond acceptors (Lipinski definition) is 5. The Kier molecular flexibility index (Phi) is 6.54. The number of nitrogens with one attached hydrogen (secondary N) is 2. The number of benzene rings is 3. The normalized spacial score (nSPS) is 14.7. The number of H-pyrrole nitrogens is 1. The van der Waals surface area contributed by atoms with Crippen LogP contribution >= 0.6 is 0 Å². The molecule has 0 bridgehead atoms. The van der Waals surface area contributed by atoms with Crippen LogP contribution in [0.1, 0.15) is 21.7 Å². The van der Waals surface area contributed by atoms with Crippen LogP contribution in [-0.4, -0.2) is 58.9 Å². The average Bonchev–Trinajstić information content (AvgIpc) is 3.57. The van der Waals surface area contributed by atoms with E-state index in [2.05, 4.69) is 45.3 Å². The van der Waals surface area contributed by atoms with Gasteiger partial charge < -0.3 is 19.6 Å². The lowest BCUT2D eigenvalue weighted by Crippen LogP contribution is -2.43. The number of aromatic nitrogens is 2. The Balaban J connectivity index is 1.14. The van der Waals surface area contributed by atoms with Crippen molar-refractivity contribution in [3.63, 3.8) is 0 Å². The van der Waals surface area contributed by atoms with Gasteiger partial charge in [0.2, 0.25) is 0 Å². The molecule has 1 amide bonds. The minimum atomic E-state index is -0.148. The van der Waals surface area contributed by atoms with Gasteiger partial charge in [-0.3, -0.25) is 9.69 Å². The SMILES string of the molecule is Cc1ccc(-c2cccc(-c3nc4ccc(C(=O)Nc5ccc(CN6CCN(C)CC6)cc5)cc4[nH]3)c2)o1. The number of nitrogens with zero attached hydrogens (tertiary/aromatic N) is 3. The van der Waals surface area contributed by atoms with E-state index in [1.54, 1.807) is 0 Å². The molecule has 0 aliphatic carbocycles. The number of aryl methyl sites for hydroxylation is 1. The van der Waals surface area contributed by atoms with E-state index < -0.39 is 0 Å². The van der Waals surface area contributed by atoms with E-state index in [-0.39, 0.29) is 5.91 Å². The fourth-order valence-corrected chi connectivity index (χ4v) is 4.86. The zero-order valence-corrected chi connectivity index (χ0v) is 21.7. The molecule has 38 heavy (non-hydrogen) atoms. The Labute approximate surface area is 222 Å². The van der Waals surface area contributed by atoms with E-state index in [1.807, 2.05) is 67.6 Å². The van der Waals surface area contributed by atoms with E-state index >= 15 is 0 Å². The van der Waals surface area contributed by atoms with Crippen molar-refractivity contribution in [3.8, 4) is 22.7 Å². The lowest BCUT2D eigenvalue weighted by molar-refractivity contribution is 0.102. The molecule has 2 aromatic heterocycles. The summed E-state index contributed by atoms with van der Waals surface area (Å²) >= 11 is 0. The zero-order valence-electron chi connectivity index (χ0n) is 21.7. The maximum absolute atomic E-state index is 13.0. The molecule has 2 N–H and O–H groups in total. The molecule has 3 aromatic carbocycles. The highest BCUT2D eigenvalue weighted by Gasteiger charge is 2.15. The molecule has 0 saturated carbocycles. The van der Waals surface area contributed by atoms with Crippen LogP contribution in [0.2, 0.25) is 0 Å². The van der Waals surface area contributed by atoms with Crippen LogP contribution in [0.3, 0.4) is 0 Å². The first-order valence-corrected chi connectivity index (χ1v) is 13.0. The summed E-state index contributed by atoms with van der Waals surface area (Å²) in [7, 11) is 2.17. The molecule has 0 spiro atoms. The van der Waals surface area contributed by atoms with Crippen LogP contribution in [-0.2, 0) is 6.54 Å². The number of piperazine rings is 1. The maximum Gasteiger partial charge on any atom is 0.255 e. The Hall–Kier alpha value is -4.20. The second kappa shape index (κ2) is 10.3. The second-order valence-electron chi connectivity index (χ2n) is 10.0. The van der Waals surface area contributed by atoms with E-state index in [0.29, 0.717) is 5.56 Å². The number of anilines is 1. The minimum Gasteiger partial charge on any atom is -0.461 e. The number of imidazole rings is 1. The molecular weight excluding hydrogens is 474 g/mol. The van der Waals surface area contributed by atoms with Crippen molar-refractivity contribution in [2.75, 3.05) is 38.5 Å². The third-order valence-electron chi connectivity index (χ3n) is 7.12. The number of aromatic amines is 1. The first kappa shape index (κ1) is 24.2. The number of amides is 1. The Morgan fingerprint density at radius 2 is 1.74 bits per heavy atom. The summed E-state index contributed by atoms with van der Waals surface area (Å²) in [5, 5.41) is 3.02. The van der Waals surface area contributed by atoms with Crippen molar-refractivity contribution in [2.24, 2.45) is 0 Å². The fourth-order valence-electron chi connectivity index (χ4n) is 4.86. The number of carbonyl (C=O) groups excluding carboxylic acids is 1. The van der Waals surface area contributed by atoms with Crippen LogP contribution in [0.25, 0.3) is 33.7 Å². The number of rotatable bonds is 6. The average molecular weight is 506 g/mol. The van der Waals surface area contributed by atoms with Crippen molar-refractivity contribution in [3.05, 3.63) is 95.7 Å². The number of fused-ring (bicyclic) bond motifs is 1. The first-order chi connectivity index (χ1) is 18.5. The molecule has 1 aliphatic rings. The fraction of sp³-hybridized carbons (Fsp3) is 0.226. The molecule has 0 unspecified atom stereocenters. The molecule has 0 atom stereocenters. The summed E-state index contributed by atoms with van der Waals surface area (Å²) in [5.74, 6) is 2.30. The molecule has 0 radical (unpaired) electrons. The van der Waals surface area contributed by atoms with Gasteiger partial charge in [0.25, 0.3) is 5.91 Å². The van der Waals surface area contributed by atoms with Gasteiger partial charge in [-0.25, -0.2) is 4.98 Å². The molecular formula is C31H31N5O2. The van der Waals surface area contributed by atoms with Crippen LogP contribution in [0.5, 0.6) is 0 Å². The standard InChI is InChI=1S/C31H31N5O2/c1-21-6-13-29(38-21)23-4-3-5-24(18-23)30-33-27-12-9-25(19-28(27)34-30)31(37)32-26-10-7-22(8-11-26)20-36-16-14-35(2)15-17-36/h3-13,18-19H,14-17,20H2,1-2H3,(H,32,37)(H,33,34). The number of likely N-dealkylation sites (N-methyl/N-ethyl adjacent to an activating group) is 1. The minimum absolute atomic E-state index is 0.148. The van der Waals surface area contributed by atoms with Crippen LogP contribution in [0.15, 0.2) is 83.3 Å². The van der Waals surface area contributed by atoms with E-state index in [9.17, 15) is 4.79 Å². The summed E-state index contributed by atoms with van der Waals surface area (Å²) in [5.41, 5.74) is 6.19. The number of carbonyl (C=O) groups is 1. The third kappa shape index (κ3) is 5.25. The van der Waals surface area contributed by atoms with Crippen molar-refractivity contribution in [1.82, 2.24) is 19.8 Å². The smallest absolute Gasteiger partial charge is 0.255 e.